The zero-order valence-corrected chi connectivity index (χ0v) is 28.5. The summed E-state index contributed by atoms with van der Waals surface area (Å²) in [6, 6.07) is 0. The summed E-state index contributed by atoms with van der Waals surface area (Å²) in [6.45, 7) is 22.1. The average molecular weight is 585 g/mol. The Labute approximate surface area is 262 Å². The fourth-order valence-electron chi connectivity index (χ4n) is 7.74. The van der Waals surface area contributed by atoms with Crippen molar-refractivity contribution in [3.05, 3.63) is 106 Å². The van der Waals surface area contributed by atoms with Crippen molar-refractivity contribution in [1.82, 2.24) is 0 Å². The molecule has 0 amide bonds. The van der Waals surface area contributed by atoms with Gasteiger partial charge in [0.25, 0.3) is 0 Å². The third-order valence-corrected chi connectivity index (χ3v) is 10.00. The van der Waals surface area contributed by atoms with Gasteiger partial charge in [0, 0.05) is 6.42 Å². The van der Waals surface area contributed by atoms with E-state index in [0.29, 0.717) is 6.42 Å². The van der Waals surface area contributed by atoms with Crippen LogP contribution in [0.5, 0.6) is 0 Å². The SMILES string of the molecule is CC(C=CC=C(C)C1C=C2C(C)(C)CCCC2(C)O1)=C/C=C/C=C(C)/C=C/C=C(\C)C1C=C2C(C)(C)CC(O)CC2(C)O1. The quantitative estimate of drug-likeness (QED) is 0.228. The first-order valence-corrected chi connectivity index (χ1v) is 16.3. The van der Waals surface area contributed by atoms with Crippen LogP contribution in [-0.4, -0.2) is 34.6 Å². The van der Waals surface area contributed by atoms with Crippen LogP contribution < -0.4 is 0 Å². The number of allylic oxidation sites excluding steroid dienone is 12. The van der Waals surface area contributed by atoms with Crippen molar-refractivity contribution in [3.63, 3.8) is 0 Å². The lowest BCUT2D eigenvalue weighted by atomic mass is 9.65. The molecular weight excluding hydrogens is 528 g/mol. The van der Waals surface area contributed by atoms with Crippen LogP contribution in [0.4, 0.5) is 0 Å². The number of hydrogen-bond donors (Lipinski definition) is 1. The van der Waals surface area contributed by atoms with Gasteiger partial charge in [-0.15, -0.1) is 0 Å². The highest BCUT2D eigenvalue weighted by atomic mass is 16.5. The van der Waals surface area contributed by atoms with Gasteiger partial charge in [0.15, 0.2) is 0 Å². The smallest absolute Gasteiger partial charge is 0.0982 e. The molecule has 0 radical (unpaired) electrons. The molecule has 0 bridgehead atoms. The zero-order valence-electron chi connectivity index (χ0n) is 28.5. The van der Waals surface area contributed by atoms with Crippen molar-refractivity contribution in [1.29, 1.82) is 0 Å². The average Bonchev–Trinajstić information content (AvgIpc) is 3.45. The molecule has 3 nitrogen and oxygen atoms in total. The first-order valence-electron chi connectivity index (χ1n) is 16.3. The van der Waals surface area contributed by atoms with E-state index >= 15 is 0 Å². The van der Waals surface area contributed by atoms with E-state index in [1.54, 1.807) is 0 Å². The number of aliphatic hydroxyl groups is 1. The van der Waals surface area contributed by atoms with E-state index in [4.69, 9.17) is 9.47 Å². The van der Waals surface area contributed by atoms with Gasteiger partial charge in [-0.2, -0.15) is 0 Å². The predicted octanol–water partition coefficient (Wildman–Crippen LogP) is 10.00. The molecule has 5 unspecified atom stereocenters. The Morgan fingerprint density at radius 3 is 1.65 bits per heavy atom. The normalized spacial score (nSPS) is 35.1. The Balaban J connectivity index is 1.29. The van der Waals surface area contributed by atoms with Gasteiger partial charge in [-0.3, -0.25) is 0 Å². The Bertz CT molecular complexity index is 1340. The van der Waals surface area contributed by atoms with Crippen LogP contribution in [0.3, 0.4) is 0 Å². The third-order valence-electron chi connectivity index (χ3n) is 10.00. The fraction of sp³-hybridized carbons (Fsp3) is 0.550. The molecule has 0 aromatic heterocycles. The van der Waals surface area contributed by atoms with Gasteiger partial charge < -0.3 is 14.6 Å². The van der Waals surface area contributed by atoms with E-state index in [9.17, 15) is 5.11 Å². The third kappa shape index (κ3) is 7.80. The molecule has 4 aliphatic rings. The Morgan fingerprint density at radius 1 is 0.651 bits per heavy atom. The molecule has 2 heterocycles. The maximum Gasteiger partial charge on any atom is 0.0982 e. The van der Waals surface area contributed by atoms with Gasteiger partial charge in [-0.1, -0.05) is 99.6 Å². The largest absolute Gasteiger partial charge is 0.393 e. The predicted molar refractivity (Wildman–Crippen MR) is 182 cm³/mol. The van der Waals surface area contributed by atoms with E-state index < -0.39 is 0 Å². The van der Waals surface area contributed by atoms with Gasteiger partial charge in [0.05, 0.1) is 29.5 Å². The summed E-state index contributed by atoms with van der Waals surface area (Å²) in [6.07, 6.45) is 30.7. The molecule has 5 atom stereocenters. The number of rotatable bonds is 8. The zero-order chi connectivity index (χ0) is 31.6. The lowest BCUT2D eigenvalue weighted by Crippen LogP contribution is -2.45. The minimum atomic E-state index is -0.377. The van der Waals surface area contributed by atoms with Crippen LogP contribution in [0.15, 0.2) is 106 Å². The van der Waals surface area contributed by atoms with Gasteiger partial charge >= 0.3 is 0 Å². The summed E-state index contributed by atoms with van der Waals surface area (Å²) < 4.78 is 13.0. The monoisotopic (exact) mass is 584 g/mol. The summed E-state index contributed by atoms with van der Waals surface area (Å²) in [5, 5.41) is 10.4. The molecule has 2 saturated carbocycles. The van der Waals surface area contributed by atoms with Crippen LogP contribution in [0, 0.1) is 10.8 Å². The molecule has 0 aromatic carbocycles. The van der Waals surface area contributed by atoms with Gasteiger partial charge in [-0.25, -0.2) is 0 Å². The molecule has 0 saturated heterocycles. The molecule has 2 fully saturated rings. The topological polar surface area (TPSA) is 38.7 Å². The summed E-state index contributed by atoms with van der Waals surface area (Å²) in [7, 11) is 0. The van der Waals surface area contributed by atoms with Crippen molar-refractivity contribution < 1.29 is 14.6 Å². The molecule has 43 heavy (non-hydrogen) atoms. The summed E-state index contributed by atoms with van der Waals surface area (Å²) in [4.78, 5) is 0. The van der Waals surface area contributed by atoms with Crippen LogP contribution >= 0.6 is 0 Å². The highest BCUT2D eigenvalue weighted by Crippen LogP contribution is 2.53. The standard InChI is InChI=1S/C40H56O3/c1-28(18-13-20-30(3)33-24-35-37(5,6)22-15-23-39(35,9)42-33)16-11-12-17-29(2)19-14-21-31(4)34-25-36-38(7,8)26-32(41)27-40(36,10)43-34/h11-14,16-21,24-25,32-34,41H,15,22-23,26-27H2,1-10H3/b12-11+,18-13?,19-14+,28-16?,29-17+,30-20?,31-21+. The van der Waals surface area contributed by atoms with Crippen molar-refractivity contribution in [2.75, 3.05) is 0 Å². The molecule has 3 heteroatoms. The second-order valence-electron chi connectivity index (χ2n) is 15.1. The van der Waals surface area contributed by atoms with E-state index in [1.165, 1.54) is 46.3 Å². The molecule has 0 spiro atoms. The van der Waals surface area contributed by atoms with Crippen molar-refractivity contribution in [3.8, 4) is 0 Å². The molecule has 4 rings (SSSR count). The first-order chi connectivity index (χ1) is 20.0. The van der Waals surface area contributed by atoms with Gasteiger partial charge in [0.2, 0.25) is 0 Å². The molecule has 2 aliphatic carbocycles. The van der Waals surface area contributed by atoms with E-state index in [1.807, 2.05) is 0 Å². The fourth-order valence-corrected chi connectivity index (χ4v) is 7.74. The highest BCUT2D eigenvalue weighted by Gasteiger charge is 2.50. The Hall–Kier alpha value is -2.46. The molecule has 2 aliphatic heterocycles. The van der Waals surface area contributed by atoms with Crippen LogP contribution in [0.1, 0.15) is 101 Å². The van der Waals surface area contributed by atoms with Crippen molar-refractivity contribution in [2.24, 2.45) is 10.8 Å². The second kappa shape index (κ2) is 12.9. The van der Waals surface area contributed by atoms with Crippen LogP contribution in [0.25, 0.3) is 0 Å². The van der Waals surface area contributed by atoms with Crippen LogP contribution in [-0.2, 0) is 9.47 Å². The maximum absolute atomic E-state index is 10.4. The highest BCUT2D eigenvalue weighted by molar-refractivity contribution is 5.38. The number of fused-ring (bicyclic) bond motifs is 2. The van der Waals surface area contributed by atoms with Gasteiger partial charge in [0.1, 0.15) is 0 Å². The van der Waals surface area contributed by atoms with Crippen LogP contribution in [0.2, 0.25) is 0 Å². The minimum absolute atomic E-state index is 0.0411. The number of hydrogen-bond acceptors (Lipinski definition) is 3. The van der Waals surface area contributed by atoms with Crippen molar-refractivity contribution >= 4 is 0 Å². The number of ether oxygens (including phenoxy) is 2. The lowest BCUT2D eigenvalue weighted by molar-refractivity contribution is -0.0683. The summed E-state index contributed by atoms with van der Waals surface area (Å²) >= 11 is 0. The second-order valence-corrected chi connectivity index (χ2v) is 15.1. The Morgan fingerprint density at radius 2 is 1.14 bits per heavy atom. The number of aliphatic hydroxyl groups excluding tert-OH is 1. The molecular formula is C40H56O3. The Kier molecular flexibility index (Phi) is 10.0. The minimum Gasteiger partial charge on any atom is -0.393 e. The summed E-state index contributed by atoms with van der Waals surface area (Å²) in [5.74, 6) is 0. The first kappa shape index (κ1) is 33.4. The van der Waals surface area contributed by atoms with E-state index in [2.05, 4.69) is 142 Å². The molecule has 1 N–H and O–H groups in total. The van der Waals surface area contributed by atoms with E-state index in [0.717, 1.165) is 12.8 Å². The maximum atomic E-state index is 10.4. The molecule has 0 aromatic rings. The molecule has 234 valence electrons. The lowest BCUT2D eigenvalue weighted by Gasteiger charge is -2.44. The van der Waals surface area contributed by atoms with Gasteiger partial charge in [-0.05, 0) is 113 Å². The van der Waals surface area contributed by atoms with Crippen molar-refractivity contribution in [2.45, 2.75) is 131 Å². The van der Waals surface area contributed by atoms with E-state index in [-0.39, 0.29) is 40.3 Å². The summed E-state index contributed by atoms with van der Waals surface area (Å²) in [5.41, 5.74) is 7.31.